The minimum absolute atomic E-state index is 0.0401. The van der Waals surface area contributed by atoms with Crippen molar-refractivity contribution in [3.8, 4) is 0 Å². The molecule has 84 valence electrons. The molecule has 0 saturated heterocycles. The molecule has 1 aromatic heterocycles. The molecular weight excluding hydrogens is 252 g/mol. The van der Waals surface area contributed by atoms with Crippen LogP contribution in [0.25, 0.3) is 0 Å². The van der Waals surface area contributed by atoms with Gasteiger partial charge in [-0.3, -0.25) is 9.11 Å². The molecule has 0 saturated carbocycles. The SMILES string of the molecule is N=Nn1ncc(S(=O)(=O)O)c1S(=O)(=O)O. The Hall–Kier alpha value is -1.37. The summed E-state index contributed by atoms with van der Waals surface area (Å²) in [4.78, 5) is -1.11. The summed E-state index contributed by atoms with van der Waals surface area (Å²) in [5, 5.41) is 4.27. The van der Waals surface area contributed by atoms with Crippen LogP contribution in [0, 0.1) is 5.53 Å². The zero-order chi connectivity index (χ0) is 11.9. The Labute approximate surface area is 83.5 Å². The topological polar surface area (TPSA) is 163 Å². The summed E-state index contributed by atoms with van der Waals surface area (Å²) in [6, 6.07) is 0. The molecule has 12 heteroatoms. The van der Waals surface area contributed by atoms with Crippen LogP contribution in [0.5, 0.6) is 0 Å². The Balaban J connectivity index is 3.74. The fraction of sp³-hybridized carbons (Fsp3) is 0. The number of aromatic nitrogens is 2. The molecule has 0 aliphatic heterocycles. The van der Waals surface area contributed by atoms with Crippen molar-refractivity contribution in [1.82, 2.24) is 9.89 Å². The van der Waals surface area contributed by atoms with Gasteiger partial charge in [0.25, 0.3) is 10.1 Å². The van der Waals surface area contributed by atoms with Crippen molar-refractivity contribution < 1.29 is 25.9 Å². The molecule has 0 amide bonds. The standard InChI is InChI=1S/C3H4N4O6S2/c4-6-7-3(15(11,12)13)2(1-5-7)14(8,9)10/h1,4H,(H,8,9,10)(H,11,12,13). The van der Waals surface area contributed by atoms with E-state index >= 15 is 0 Å². The van der Waals surface area contributed by atoms with Gasteiger partial charge in [0.05, 0.1) is 6.20 Å². The molecule has 0 fully saturated rings. The van der Waals surface area contributed by atoms with Gasteiger partial charge in [-0.15, -0.1) is 4.79 Å². The summed E-state index contributed by atoms with van der Waals surface area (Å²) in [7, 11) is -9.84. The van der Waals surface area contributed by atoms with Crippen molar-refractivity contribution in [2.75, 3.05) is 0 Å². The van der Waals surface area contributed by atoms with Crippen molar-refractivity contribution in [2.24, 2.45) is 5.22 Å². The summed E-state index contributed by atoms with van der Waals surface area (Å²) in [6.45, 7) is 0. The van der Waals surface area contributed by atoms with Gasteiger partial charge in [0.1, 0.15) is 0 Å². The van der Waals surface area contributed by atoms with Crippen LogP contribution in [-0.4, -0.2) is 35.8 Å². The Bertz CT molecular complexity index is 596. The maximum absolute atomic E-state index is 10.7. The Kier molecular flexibility index (Phi) is 2.60. The Morgan fingerprint density at radius 3 is 2.13 bits per heavy atom. The first kappa shape index (κ1) is 11.7. The van der Waals surface area contributed by atoms with Crippen LogP contribution in [0.15, 0.2) is 21.3 Å². The molecule has 3 N–H and O–H groups in total. The summed E-state index contributed by atoms with van der Waals surface area (Å²) < 4.78 is 59.9. The van der Waals surface area contributed by atoms with E-state index in [-0.39, 0.29) is 4.79 Å². The zero-order valence-corrected chi connectivity index (χ0v) is 8.40. The summed E-state index contributed by atoms with van der Waals surface area (Å²) >= 11 is 0. The van der Waals surface area contributed by atoms with E-state index in [0.717, 1.165) is 0 Å². The monoisotopic (exact) mass is 256 g/mol. The van der Waals surface area contributed by atoms with Gasteiger partial charge in [-0.2, -0.15) is 27.5 Å². The molecule has 1 aromatic rings. The zero-order valence-electron chi connectivity index (χ0n) is 6.76. The highest BCUT2D eigenvalue weighted by atomic mass is 32.2. The molecular formula is C3H4N4O6S2. The number of nitrogens with zero attached hydrogens (tertiary/aromatic N) is 3. The first-order valence-corrected chi connectivity index (χ1v) is 5.96. The highest BCUT2D eigenvalue weighted by Crippen LogP contribution is 2.19. The molecule has 0 atom stereocenters. The van der Waals surface area contributed by atoms with Gasteiger partial charge in [-0.25, -0.2) is 0 Å². The van der Waals surface area contributed by atoms with Crippen molar-refractivity contribution in [1.29, 1.82) is 5.53 Å². The van der Waals surface area contributed by atoms with Crippen LogP contribution in [0.4, 0.5) is 0 Å². The summed E-state index contributed by atoms with van der Waals surface area (Å²) in [5.74, 6) is 0. The highest BCUT2D eigenvalue weighted by Gasteiger charge is 2.30. The average molecular weight is 256 g/mol. The van der Waals surface area contributed by atoms with Gasteiger partial charge >= 0.3 is 10.1 Å². The third-order valence-corrected chi connectivity index (χ3v) is 3.15. The number of hydrogen-bond donors (Lipinski definition) is 3. The van der Waals surface area contributed by atoms with Gasteiger partial charge in [0, 0.05) is 0 Å². The maximum atomic E-state index is 10.7. The van der Waals surface area contributed by atoms with Gasteiger partial charge in [-0.1, -0.05) is 5.22 Å². The van der Waals surface area contributed by atoms with Gasteiger partial charge < -0.3 is 0 Å². The lowest BCUT2D eigenvalue weighted by Crippen LogP contribution is -2.10. The number of rotatable bonds is 3. The summed E-state index contributed by atoms with van der Waals surface area (Å²) in [5.41, 5.74) is 6.46. The lowest BCUT2D eigenvalue weighted by Gasteiger charge is -1.98. The normalized spacial score (nSPS) is 12.7. The van der Waals surface area contributed by atoms with Gasteiger partial charge in [-0.05, 0) is 0 Å². The second-order valence-electron chi connectivity index (χ2n) is 2.25. The molecule has 0 spiro atoms. The number of hydrogen-bond acceptors (Lipinski definition) is 7. The van der Waals surface area contributed by atoms with Crippen LogP contribution in [-0.2, 0) is 20.2 Å². The van der Waals surface area contributed by atoms with E-state index in [4.69, 9.17) is 14.6 Å². The van der Waals surface area contributed by atoms with Crippen LogP contribution < -0.4 is 0 Å². The van der Waals surface area contributed by atoms with E-state index in [2.05, 4.69) is 10.3 Å². The second kappa shape index (κ2) is 3.34. The lowest BCUT2D eigenvalue weighted by molar-refractivity contribution is 0.450. The van der Waals surface area contributed by atoms with Crippen LogP contribution in [0.2, 0.25) is 0 Å². The quantitative estimate of drug-likeness (QED) is 0.469. The molecule has 10 nitrogen and oxygen atoms in total. The van der Waals surface area contributed by atoms with E-state index in [1.165, 1.54) is 0 Å². The minimum Gasteiger partial charge on any atom is -0.282 e. The third kappa shape index (κ3) is 2.17. The predicted octanol–water partition coefficient (Wildman–Crippen LogP) is -0.829. The fourth-order valence-electron chi connectivity index (χ4n) is 0.792. The Morgan fingerprint density at radius 2 is 1.80 bits per heavy atom. The van der Waals surface area contributed by atoms with E-state index < -0.39 is 30.2 Å². The molecule has 1 heterocycles. The largest absolute Gasteiger partial charge is 0.315 e. The molecule has 0 aliphatic rings. The van der Waals surface area contributed by atoms with Crippen molar-refractivity contribution >= 4 is 20.2 Å². The highest BCUT2D eigenvalue weighted by molar-refractivity contribution is 7.89. The molecule has 0 unspecified atom stereocenters. The summed E-state index contributed by atoms with van der Waals surface area (Å²) in [6.07, 6.45) is 0.441. The average Bonchev–Trinajstić information content (AvgIpc) is 2.44. The number of nitrogens with one attached hydrogen (secondary N) is 1. The smallest absolute Gasteiger partial charge is 0.282 e. The first-order valence-electron chi connectivity index (χ1n) is 3.08. The van der Waals surface area contributed by atoms with E-state index in [1.54, 1.807) is 0 Å². The third-order valence-electron chi connectivity index (χ3n) is 1.29. The van der Waals surface area contributed by atoms with E-state index in [0.29, 0.717) is 6.20 Å². The van der Waals surface area contributed by atoms with Crippen LogP contribution in [0.3, 0.4) is 0 Å². The van der Waals surface area contributed by atoms with Crippen LogP contribution in [0.1, 0.15) is 0 Å². The Morgan fingerprint density at radius 1 is 1.27 bits per heavy atom. The van der Waals surface area contributed by atoms with Crippen LogP contribution >= 0.6 is 0 Å². The molecule has 0 bridgehead atoms. The fourth-order valence-corrected chi connectivity index (χ4v) is 2.51. The predicted molar refractivity (Wildman–Crippen MR) is 42.4 cm³/mol. The van der Waals surface area contributed by atoms with Gasteiger partial charge in [0.2, 0.25) is 5.03 Å². The molecule has 0 aromatic carbocycles. The van der Waals surface area contributed by atoms with Crippen molar-refractivity contribution in [2.45, 2.75) is 9.92 Å². The minimum atomic E-state index is -4.97. The maximum Gasteiger partial charge on any atom is 0.315 e. The molecule has 0 radical (unpaired) electrons. The first-order chi connectivity index (χ1) is 6.68. The van der Waals surface area contributed by atoms with Gasteiger partial charge in [0.15, 0.2) is 4.90 Å². The molecule has 0 aliphatic carbocycles. The van der Waals surface area contributed by atoms with E-state index in [1.807, 2.05) is 0 Å². The van der Waals surface area contributed by atoms with Crippen molar-refractivity contribution in [3.63, 3.8) is 0 Å². The van der Waals surface area contributed by atoms with Crippen molar-refractivity contribution in [3.05, 3.63) is 6.20 Å². The second-order valence-corrected chi connectivity index (χ2v) is 4.98. The lowest BCUT2D eigenvalue weighted by atomic mass is 10.7. The van der Waals surface area contributed by atoms with E-state index in [9.17, 15) is 16.8 Å². The molecule has 1 rings (SSSR count). The molecule has 15 heavy (non-hydrogen) atoms.